The summed E-state index contributed by atoms with van der Waals surface area (Å²) in [6, 6.07) is 11.0. The molecule has 2 rings (SSSR count). The highest BCUT2D eigenvalue weighted by Crippen LogP contribution is 2.17. The number of anilines is 1. The van der Waals surface area contributed by atoms with E-state index in [2.05, 4.69) is 5.32 Å². The highest BCUT2D eigenvalue weighted by Gasteiger charge is 2.16. The van der Waals surface area contributed by atoms with Crippen molar-refractivity contribution in [2.24, 2.45) is 0 Å². The van der Waals surface area contributed by atoms with Gasteiger partial charge in [-0.05, 0) is 43.2 Å². The van der Waals surface area contributed by atoms with Crippen LogP contribution in [0.3, 0.4) is 0 Å². The van der Waals surface area contributed by atoms with E-state index in [0.717, 1.165) is 11.1 Å². The van der Waals surface area contributed by atoms with Gasteiger partial charge in [-0.1, -0.05) is 12.1 Å². The number of aryl methyl sites for hydroxylation is 2. The van der Waals surface area contributed by atoms with Gasteiger partial charge in [0, 0.05) is 30.4 Å². The van der Waals surface area contributed by atoms with Gasteiger partial charge in [0.2, 0.25) is 5.91 Å². The van der Waals surface area contributed by atoms with Crippen LogP contribution < -0.4 is 5.32 Å². The minimum absolute atomic E-state index is 0.0909. The molecule has 0 heterocycles. The number of nitro groups is 1. The SMILES string of the molecule is Cc1ccc(C)c(NC(=O)CN(C)C(=O)c2ccc([N+](=O)[O-])cc2)c1. The number of benzene rings is 2. The van der Waals surface area contributed by atoms with Gasteiger partial charge >= 0.3 is 0 Å². The molecule has 0 bridgehead atoms. The van der Waals surface area contributed by atoms with Crippen LogP contribution in [0.2, 0.25) is 0 Å². The molecule has 0 saturated carbocycles. The quantitative estimate of drug-likeness (QED) is 0.668. The lowest BCUT2D eigenvalue weighted by Gasteiger charge is -2.17. The zero-order chi connectivity index (χ0) is 18.6. The molecule has 2 amide bonds. The first-order chi connectivity index (χ1) is 11.8. The number of hydrogen-bond acceptors (Lipinski definition) is 4. The van der Waals surface area contributed by atoms with Crippen molar-refractivity contribution in [1.29, 1.82) is 0 Å². The van der Waals surface area contributed by atoms with Crippen LogP contribution in [0.1, 0.15) is 21.5 Å². The van der Waals surface area contributed by atoms with E-state index in [1.165, 1.54) is 36.2 Å². The number of nitrogens with one attached hydrogen (secondary N) is 1. The molecule has 7 nitrogen and oxygen atoms in total. The lowest BCUT2D eigenvalue weighted by Crippen LogP contribution is -2.35. The van der Waals surface area contributed by atoms with Crippen molar-refractivity contribution in [2.75, 3.05) is 18.9 Å². The minimum Gasteiger partial charge on any atom is -0.332 e. The first-order valence-corrected chi connectivity index (χ1v) is 7.65. The molecule has 1 N–H and O–H groups in total. The molecule has 0 aromatic heterocycles. The Morgan fingerprint density at radius 3 is 2.36 bits per heavy atom. The Morgan fingerprint density at radius 2 is 1.76 bits per heavy atom. The molecule has 25 heavy (non-hydrogen) atoms. The fourth-order valence-electron chi connectivity index (χ4n) is 2.29. The Hall–Kier alpha value is -3.22. The van der Waals surface area contributed by atoms with Crippen LogP contribution in [0.5, 0.6) is 0 Å². The summed E-state index contributed by atoms with van der Waals surface area (Å²) < 4.78 is 0. The number of hydrogen-bond donors (Lipinski definition) is 1. The van der Waals surface area contributed by atoms with Crippen LogP contribution in [0, 0.1) is 24.0 Å². The number of likely N-dealkylation sites (N-methyl/N-ethyl adjacent to an activating group) is 1. The predicted octanol–water partition coefficient (Wildman–Crippen LogP) is 2.92. The summed E-state index contributed by atoms with van der Waals surface area (Å²) in [4.78, 5) is 35.9. The van der Waals surface area contributed by atoms with Crippen LogP contribution in [0.4, 0.5) is 11.4 Å². The number of carbonyl (C=O) groups is 2. The van der Waals surface area contributed by atoms with E-state index in [1.54, 1.807) is 0 Å². The molecule has 0 unspecified atom stereocenters. The summed E-state index contributed by atoms with van der Waals surface area (Å²) in [6.07, 6.45) is 0. The molecule has 0 fully saturated rings. The van der Waals surface area contributed by atoms with Crippen LogP contribution in [-0.4, -0.2) is 35.2 Å². The van der Waals surface area contributed by atoms with Crippen molar-refractivity contribution < 1.29 is 14.5 Å². The summed E-state index contributed by atoms with van der Waals surface area (Å²) in [7, 11) is 1.51. The first kappa shape index (κ1) is 18.1. The maximum atomic E-state index is 12.3. The number of rotatable bonds is 5. The van der Waals surface area contributed by atoms with Gasteiger partial charge in [0.1, 0.15) is 0 Å². The third kappa shape index (κ3) is 4.63. The molecule has 0 aliphatic heterocycles. The van der Waals surface area contributed by atoms with E-state index >= 15 is 0 Å². The van der Waals surface area contributed by atoms with Gasteiger partial charge in [0.25, 0.3) is 11.6 Å². The van der Waals surface area contributed by atoms with Crippen molar-refractivity contribution in [3.63, 3.8) is 0 Å². The van der Waals surface area contributed by atoms with Gasteiger partial charge in [-0.3, -0.25) is 19.7 Å². The zero-order valence-corrected chi connectivity index (χ0v) is 14.3. The second-order valence-electron chi connectivity index (χ2n) is 5.83. The molecule has 0 atom stereocenters. The lowest BCUT2D eigenvalue weighted by molar-refractivity contribution is -0.384. The molecule has 2 aromatic carbocycles. The number of nitrogens with zero attached hydrogens (tertiary/aromatic N) is 2. The Bertz CT molecular complexity index is 816. The van der Waals surface area contributed by atoms with Crippen molar-refractivity contribution >= 4 is 23.2 Å². The summed E-state index contributed by atoms with van der Waals surface area (Å²) >= 11 is 0. The molecule has 0 aliphatic carbocycles. The second kappa shape index (κ2) is 7.57. The average molecular weight is 341 g/mol. The molecule has 7 heteroatoms. The van der Waals surface area contributed by atoms with Gasteiger partial charge in [0.05, 0.1) is 11.5 Å². The standard InChI is InChI=1S/C18H19N3O4/c1-12-4-5-13(2)16(10-12)19-17(22)11-20(3)18(23)14-6-8-15(9-7-14)21(24)25/h4-10H,11H2,1-3H3,(H,19,22). The molecule has 0 radical (unpaired) electrons. The van der Waals surface area contributed by atoms with Crippen molar-refractivity contribution in [3.8, 4) is 0 Å². The van der Waals surface area contributed by atoms with E-state index in [1.807, 2.05) is 32.0 Å². The van der Waals surface area contributed by atoms with E-state index in [4.69, 9.17) is 0 Å². The third-order valence-corrected chi connectivity index (χ3v) is 3.72. The molecular weight excluding hydrogens is 322 g/mol. The van der Waals surface area contributed by atoms with Crippen LogP contribution in [0.25, 0.3) is 0 Å². The topological polar surface area (TPSA) is 92.6 Å². The first-order valence-electron chi connectivity index (χ1n) is 7.65. The van der Waals surface area contributed by atoms with Gasteiger partial charge in [-0.2, -0.15) is 0 Å². The number of nitro benzene ring substituents is 1. The Labute approximate surface area is 145 Å². The zero-order valence-electron chi connectivity index (χ0n) is 14.3. The van der Waals surface area contributed by atoms with E-state index in [-0.39, 0.29) is 29.6 Å². The summed E-state index contributed by atoms with van der Waals surface area (Å²) in [5.74, 6) is -0.697. The summed E-state index contributed by atoms with van der Waals surface area (Å²) in [6.45, 7) is 3.70. The third-order valence-electron chi connectivity index (χ3n) is 3.72. The largest absolute Gasteiger partial charge is 0.332 e. The predicted molar refractivity (Wildman–Crippen MR) is 94.6 cm³/mol. The number of amides is 2. The fraction of sp³-hybridized carbons (Fsp3) is 0.222. The van der Waals surface area contributed by atoms with Crippen LogP contribution in [-0.2, 0) is 4.79 Å². The van der Waals surface area contributed by atoms with Gasteiger partial charge < -0.3 is 10.2 Å². The Morgan fingerprint density at radius 1 is 1.12 bits per heavy atom. The fourth-order valence-corrected chi connectivity index (χ4v) is 2.29. The normalized spacial score (nSPS) is 10.2. The number of carbonyl (C=O) groups excluding carboxylic acids is 2. The Balaban J connectivity index is 2.01. The van der Waals surface area contributed by atoms with Gasteiger partial charge in [-0.15, -0.1) is 0 Å². The molecule has 2 aromatic rings. The number of non-ortho nitro benzene ring substituents is 1. The van der Waals surface area contributed by atoms with E-state index in [9.17, 15) is 19.7 Å². The summed E-state index contributed by atoms with van der Waals surface area (Å²) in [5.41, 5.74) is 2.86. The second-order valence-corrected chi connectivity index (χ2v) is 5.83. The molecule has 0 aliphatic rings. The van der Waals surface area contributed by atoms with E-state index < -0.39 is 4.92 Å². The summed E-state index contributed by atoms with van der Waals surface area (Å²) in [5, 5.41) is 13.4. The highest BCUT2D eigenvalue weighted by atomic mass is 16.6. The molecule has 0 saturated heterocycles. The smallest absolute Gasteiger partial charge is 0.269 e. The maximum Gasteiger partial charge on any atom is 0.269 e. The molecule has 0 spiro atoms. The maximum absolute atomic E-state index is 12.3. The van der Waals surface area contributed by atoms with Crippen LogP contribution >= 0.6 is 0 Å². The minimum atomic E-state index is -0.532. The van der Waals surface area contributed by atoms with E-state index in [0.29, 0.717) is 5.69 Å². The van der Waals surface area contributed by atoms with Crippen LogP contribution in [0.15, 0.2) is 42.5 Å². The van der Waals surface area contributed by atoms with Gasteiger partial charge in [-0.25, -0.2) is 0 Å². The highest BCUT2D eigenvalue weighted by molar-refractivity contribution is 5.99. The van der Waals surface area contributed by atoms with Gasteiger partial charge in [0.15, 0.2) is 0 Å². The van der Waals surface area contributed by atoms with Crippen molar-refractivity contribution in [1.82, 2.24) is 4.90 Å². The molecular formula is C18H19N3O4. The molecule has 130 valence electrons. The average Bonchev–Trinajstić information content (AvgIpc) is 2.57. The lowest BCUT2D eigenvalue weighted by atomic mass is 10.1. The van der Waals surface area contributed by atoms with Crippen molar-refractivity contribution in [2.45, 2.75) is 13.8 Å². The monoisotopic (exact) mass is 341 g/mol. The Kier molecular flexibility index (Phi) is 5.49. The van der Waals surface area contributed by atoms with Crippen molar-refractivity contribution in [3.05, 3.63) is 69.3 Å².